The molecule has 1 aliphatic carbocycles. The van der Waals surface area contributed by atoms with Gasteiger partial charge in [-0.25, -0.2) is 4.98 Å². The fraction of sp³-hybridized carbons (Fsp3) is 0.389. The zero-order valence-electron chi connectivity index (χ0n) is 13.2. The molecule has 5 nitrogen and oxygen atoms in total. The van der Waals surface area contributed by atoms with Crippen molar-refractivity contribution in [2.24, 2.45) is 13.0 Å². The van der Waals surface area contributed by atoms with Crippen LogP contribution < -0.4 is 5.32 Å². The zero-order chi connectivity index (χ0) is 16.2. The van der Waals surface area contributed by atoms with E-state index in [9.17, 15) is 9.59 Å². The van der Waals surface area contributed by atoms with Crippen molar-refractivity contribution >= 4 is 11.7 Å². The number of imidazole rings is 1. The molecule has 1 amide bonds. The van der Waals surface area contributed by atoms with Crippen molar-refractivity contribution in [1.29, 1.82) is 0 Å². The van der Waals surface area contributed by atoms with Crippen molar-refractivity contribution in [3.8, 4) is 0 Å². The van der Waals surface area contributed by atoms with Gasteiger partial charge in [0.2, 0.25) is 5.91 Å². The highest BCUT2D eigenvalue weighted by molar-refractivity contribution is 5.97. The van der Waals surface area contributed by atoms with Gasteiger partial charge in [-0.05, 0) is 18.8 Å². The van der Waals surface area contributed by atoms with Gasteiger partial charge >= 0.3 is 0 Å². The molecule has 1 aromatic heterocycles. The number of nitrogens with one attached hydrogen (secondary N) is 1. The van der Waals surface area contributed by atoms with Gasteiger partial charge in [0.1, 0.15) is 5.82 Å². The second-order valence-corrected chi connectivity index (χ2v) is 6.07. The molecule has 1 aromatic carbocycles. The maximum Gasteiger partial charge on any atom is 0.221 e. The molecule has 0 bridgehead atoms. The van der Waals surface area contributed by atoms with Gasteiger partial charge in [0.15, 0.2) is 5.78 Å². The number of ketones is 1. The third-order valence-corrected chi connectivity index (χ3v) is 4.22. The highest BCUT2D eigenvalue weighted by Crippen LogP contribution is 2.40. The van der Waals surface area contributed by atoms with Gasteiger partial charge < -0.3 is 9.88 Å². The maximum atomic E-state index is 12.2. The molecule has 0 spiro atoms. The first-order chi connectivity index (χ1) is 11.1. The van der Waals surface area contributed by atoms with Crippen LogP contribution in [-0.4, -0.2) is 21.2 Å². The highest BCUT2D eigenvalue weighted by Gasteiger charge is 2.35. The van der Waals surface area contributed by atoms with E-state index >= 15 is 0 Å². The molecular weight excluding hydrogens is 290 g/mol. The molecule has 2 aromatic rings. The van der Waals surface area contributed by atoms with Crippen LogP contribution in [0.5, 0.6) is 0 Å². The Hall–Kier alpha value is -2.43. The third kappa shape index (κ3) is 3.86. The van der Waals surface area contributed by atoms with Crippen molar-refractivity contribution in [1.82, 2.24) is 14.9 Å². The van der Waals surface area contributed by atoms with Crippen LogP contribution >= 0.6 is 0 Å². The first-order valence-corrected chi connectivity index (χ1v) is 8.00. The summed E-state index contributed by atoms with van der Waals surface area (Å²) >= 11 is 0. The van der Waals surface area contributed by atoms with E-state index in [2.05, 4.69) is 10.3 Å². The Morgan fingerprint density at radius 1 is 1.26 bits per heavy atom. The van der Waals surface area contributed by atoms with Crippen LogP contribution in [0.25, 0.3) is 0 Å². The number of rotatable bonds is 7. The average Bonchev–Trinajstić information content (AvgIpc) is 3.33. The van der Waals surface area contributed by atoms with E-state index in [-0.39, 0.29) is 30.6 Å². The summed E-state index contributed by atoms with van der Waals surface area (Å²) in [5.74, 6) is 1.26. The van der Waals surface area contributed by atoms with E-state index in [0.717, 1.165) is 18.7 Å². The SMILES string of the molecule is Cn1ccnc1C(NC(=O)CCC(=O)c1ccccc1)C1CC1. The Bertz CT molecular complexity index is 689. The first-order valence-electron chi connectivity index (χ1n) is 8.00. The lowest BCUT2D eigenvalue weighted by Gasteiger charge is -2.18. The molecule has 0 aliphatic heterocycles. The largest absolute Gasteiger partial charge is 0.346 e. The third-order valence-electron chi connectivity index (χ3n) is 4.22. The Kier molecular flexibility index (Phi) is 4.55. The normalized spacial score (nSPS) is 15.2. The van der Waals surface area contributed by atoms with Gasteiger partial charge in [-0.3, -0.25) is 9.59 Å². The second-order valence-electron chi connectivity index (χ2n) is 6.07. The van der Waals surface area contributed by atoms with Crippen LogP contribution in [0.1, 0.15) is 47.9 Å². The van der Waals surface area contributed by atoms with Gasteiger partial charge in [0.25, 0.3) is 0 Å². The number of amides is 1. The summed E-state index contributed by atoms with van der Waals surface area (Å²) in [6, 6.07) is 9.04. The Balaban J connectivity index is 1.56. The molecule has 3 rings (SSSR count). The van der Waals surface area contributed by atoms with Gasteiger partial charge in [-0.1, -0.05) is 30.3 Å². The topological polar surface area (TPSA) is 64.0 Å². The molecule has 1 unspecified atom stereocenters. The molecule has 120 valence electrons. The van der Waals surface area contributed by atoms with Crippen molar-refractivity contribution in [2.45, 2.75) is 31.7 Å². The smallest absolute Gasteiger partial charge is 0.221 e. The zero-order valence-corrected chi connectivity index (χ0v) is 13.2. The predicted octanol–water partition coefficient (Wildman–Crippen LogP) is 2.65. The molecule has 5 heteroatoms. The van der Waals surface area contributed by atoms with E-state index in [4.69, 9.17) is 0 Å². The quantitative estimate of drug-likeness (QED) is 0.800. The molecule has 1 saturated carbocycles. The van der Waals surface area contributed by atoms with Crippen molar-refractivity contribution < 1.29 is 9.59 Å². The lowest BCUT2D eigenvalue weighted by Crippen LogP contribution is -2.31. The number of carbonyl (C=O) groups is 2. The number of hydrogen-bond acceptors (Lipinski definition) is 3. The average molecular weight is 311 g/mol. The molecule has 0 radical (unpaired) electrons. The molecule has 23 heavy (non-hydrogen) atoms. The maximum absolute atomic E-state index is 12.2. The van der Waals surface area contributed by atoms with E-state index in [1.807, 2.05) is 36.0 Å². The molecule has 1 aliphatic rings. The van der Waals surface area contributed by atoms with Gasteiger partial charge in [-0.15, -0.1) is 0 Å². The minimum Gasteiger partial charge on any atom is -0.346 e. The van der Waals surface area contributed by atoms with Gasteiger partial charge in [-0.2, -0.15) is 0 Å². The lowest BCUT2D eigenvalue weighted by atomic mass is 10.1. The fourth-order valence-electron chi connectivity index (χ4n) is 2.74. The summed E-state index contributed by atoms with van der Waals surface area (Å²) in [7, 11) is 1.93. The van der Waals surface area contributed by atoms with E-state index < -0.39 is 0 Å². The predicted molar refractivity (Wildman–Crippen MR) is 86.8 cm³/mol. The van der Waals surface area contributed by atoms with E-state index in [1.165, 1.54) is 0 Å². The fourth-order valence-corrected chi connectivity index (χ4v) is 2.74. The van der Waals surface area contributed by atoms with E-state index in [1.54, 1.807) is 18.3 Å². The van der Waals surface area contributed by atoms with Crippen LogP contribution in [-0.2, 0) is 11.8 Å². The first kappa shape index (κ1) is 15.5. The molecule has 1 N–H and O–H groups in total. The van der Waals surface area contributed by atoms with Crippen LogP contribution in [0.3, 0.4) is 0 Å². The molecule has 1 heterocycles. The Labute approximate surface area is 135 Å². The molecule has 1 fully saturated rings. The number of hydrogen-bond donors (Lipinski definition) is 1. The summed E-state index contributed by atoms with van der Waals surface area (Å²) in [4.78, 5) is 28.6. The number of benzene rings is 1. The highest BCUT2D eigenvalue weighted by atomic mass is 16.2. The van der Waals surface area contributed by atoms with Crippen molar-refractivity contribution in [2.75, 3.05) is 0 Å². The van der Waals surface area contributed by atoms with E-state index in [0.29, 0.717) is 11.5 Å². The summed E-state index contributed by atoms with van der Waals surface area (Å²) in [6.07, 6.45) is 6.29. The summed E-state index contributed by atoms with van der Waals surface area (Å²) in [5.41, 5.74) is 0.656. The molecule has 0 saturated heterocycles. The van der Waals surface area contributed by atoms with Crippen LogP contribution in [0, 0.1) is 5.92 Å². The number of aromatic nitrogens is 2. The Morgan fingerprint density at radius 3 is 2.61 bits per heavy atom. The minimum absolute atomic E-state index is 0.000661. The summed E-state index contributed by atoms with van der Waals surface area (Å²) < 4.78 is 1.94. The Morgan fingerprint density at radius 2 is 2.00 bits per heavy atom. The molecular formula is C18H21N3O2. The number of nitrogens with zero attached hydrogens (tertiary/aromatic N) is 2. The molecule has 1 atom stereocenters. The summed E-state index contributed by atoms with van der Waals surface area (Å²) in [6.45, 7) is 0. The van der Waals surface area contributed by atoms with Crippen LogP contribution in [0.2, 0.25) is 0 Å². The minimum atomic E-state index is -0.0887. The lowest BCUT2D eigenvalue weighted by molar-refractivity contribution is -0.122. The van der Waals surface area contributed by atoms with Gasteiger partial charge in [0.05, 0.1) is 6.04 Å². The van der Waals surface area contributed by atoms with Crippen LogP contribution in [0.4, 0.5) is 0 Å². The van der Waals surface area contributed by atoms with Gasteiger partial charge in [0, 0.05) is 37.8 Å². The number of Topliss-reactive ketones (excluding diaryl/α,β-unsaturated/α-hetero) is 1. The van der Waals surface area contributed by atoms with Crippen molar-refractivity contribution in [3.63, 3.8) is 0 Å². The number of carbonyl (C=O) groups excluding carboxylic acids is 2. The number of aryl methyl sites for hydroxylation is 1. The van der Waals surface area contributed by atoms with Crippen molar-refractivity contribution in [3.05, 3.63) is 54.1 Å². The second kappa shape index (κ2) is 6.77. The summed E-state index contributed by atoms with van der Waals surface area (Å²) in [5, 5.41) is 3.05. The monoisotopic (exact) mass is 311 g/mol. The standard InChI is InChI=1S/C18H21N3O2/c1-21-12-11-19-18(21)17(14-7-8-14)20-16(23)10-9-15(22)13-5-3-2-4-6-13/h2-6,11-12,14,17H,7-10H2,1H3,(H,20,23). The van der Waals surface area contributed by atoms with Crippen LogP contribution in [0.15, 0.2) is 42.7 Å².